The van der Waals surface area contributed by atoms with Crippen LogP contribution in [0.5, 0.6) is 0 Å². The molecule has 2 nitrogen and oxygen atoms in total. The van der Waals surface area contributed by atoms with Crippen LogP contribution in [-0.2, 0) is 0 Å². The van der Waals surface area contributed by atoms with Gasteiger partial charge >= 0.3 is 0 Å². The number of nitrogens with zero attached hydrogens (tertiary/aromatic N) is 1. The second kappa shape index (κ2) is 5.81. The lowest BCUT2D eigenvalue weighted by molar-refractivity contribution is -0.709. The zero-order chi connectivity index (χ0) is 15.2. The Morgan fingerprint density at radius 2 is 1.46 bits per heavy atom. The van der Waals surface area contributed by atoms with Crippen LogP contribution >= 0.6 is 0 Å². The van der Waals surface area contributed by atoms with Crippen LogP contribution in [0.3, 0.4) is 0 Å². The topological polar surface area (TPSA) is 19.7 Å². The van der Waals surface area contributed by atoms with Crippen LogP contribution in [0.2, 0.25) is 0 Å². The Morgan fingerprint density at radius 3 is 2.29 bits per heavy atom. The minimum absolute atomic E-state index is 0. The van der Waals surface area contributed by atoms with Crippen LogP contribution in [0, 0.1) is 0 Å². The normalized spacial score (nSPS) is 19.8. The molecule has 0 fully saturated rings. The van der Waals surface area contributed by atoms with Crippen LogP contribution in [0.4, 0.5) is 0 Å². The Kier molecular flexibility index (Phi) is 3.62. The summed E-state index contributed by atoms with van der Waals surface area (Å²) in [5, 5.41) is 0. The Morgan fingerprint density at radius 1 is 0.792 bits per heavy atom. The number of H-pyrrole nitrogens is 1. The lowest BCUT2D eigenvalue weighted by Crippen LogP contribution is -3.00. The van der Waals surface area contributed by atoms with Crippen LogP contribution in [0.1, 0.15) is 40.0 Å². The van der Waals surface area contributed by atoms with E-state index in [1.807, 2.05) is 6.20 Å². The molecule has 0 saturated heterocycles. The molecule has 2 aliphatic carbocycles. The first kappa shape index (κ1) is 15.0. The van der Waals surface area contributed by atoms with Gasteiger partial charge in [0.25, 0.3) is 5.82 Å². The first-order chi connectivity index (χ1) is 11.4. The summed E-state index contributed by atoms with van der Waals surface area (Å²) in [5.74, 6) is 1.53. The zero-order valence-electron chi connectivity index (χ0n) is 13.1. The molecule has 0 saturated carbocycles. The van der Waals surface area contributed by atoms with E-state index in [2.05, 4.69) is 88.6 Å². The monoisotopic (exact) mass is 332 g/mol. The first-order valence-electron chi connectivity index (χ1n) is 8.04. The molecule has 1 aromatic heterocycles. The fourth-order valence-corrected chi connectivity index (χ4v) is 3.81. The zero-order valence-corrected chi connectivity index (χ0v) is 13.8. The number of benzene rings is 2. The quantitative estimate of drug-likeness (QED) is 0.678. The molecule has 3 heteroatoms. The van der Waals surface area contributed by atoms with E-state index in [9.17, 15) is 0 Å². The van der Waals surface area contributed by atoms with Gasteiger partial charge in [0, 0.05) is 5.56 Å². The summed E-state index contributed by atoms with van der Waals surface area (Å²) >= 11 is 0. The minimum Gasteiger partial charge on any atom is -1.00 e. The highest BCUT2D eigenvalue weighted by Gasteiger charge is 2.32. The number of hydrogen-bond donors (Lipinski definition) is 1. The predicted octanol–water partition coefficient (Wildman–Crippen LogP) is 1.08. The van der Waals surface area contributed by atoms with E-state index in [0.717, 1.165) is 0 Å². The third kappa shape index (κ3) is 2.15. The maximum Gasteiger partial charge on any atom is 0.266 e. The molecule has 2 aromatic carbocycles. The van der Waals surface area contributed by atoms with E-state index in [-0.39, 0.29) is 18.4 Å². The van der Waals surface area contributed by atoms with Gasteiger partial charge < -0.3 is 12.4 Å². The van der Waals surface area contributed by atoms with E-state index in [1.54, 1.807) is 0 Å². The summed E-state index contributed by atoms with van der Waals surface area (Å²) in [6, 6.07) is 17.5. The number of halogens is 1. The van der Waals surface area contributed by atoms with Crippen molar-refractivity contribution in [3.05, 3.63) is 101 Å². The molecule has 2 atom stereocenters. The number of allylic oxidation sites excluding steroid dienone is 2. The van der Waals surface area contributed by atoms with Crippen molar-refractivity contribution in [2.75, 3.05) is 0 Å². The highest BCUT2D eigenvalue weighted by Crippen LogP contribution is 2.35. The number of aromatic amines is 1. The molecule has 3 aromatic rings. The number of fused-ring (bicyclic) bond motifs is 2. The fraction of sp³-hybridized carbons (Fsp3) is 0.0952. The van der Waals surface area contributed by atoms with Gasteiger partial charge in [-0.15, -0.1) is 0 Å². The van der Waals surface area contributed by atoms with Crippen LogP contribution < -0.4 is 17.0 Å². The summed E-state index contributed by atoms with van der Waals surface area (Å²) in [6.45, 7) is 0. The number of rotatable bonds is 2. The molecule has 2 aliphatic rings. The smallest absolute Gasteiger partial charge is 0.266 e. The lowest BCUT2D eigenvalue weighted by Gasteiger charge is -2.13. The third-order valence-corrected chi connectivity index (χ3v) is 4.91. The second-order valence-electron chi connectivity index (χ2n) is 6.15. The van der Waals surface area contributed by atoms with Gasteiger partial charge in [-0.3, -0.25) is 0 Å². The lowest BCUT2D eigenvalue weighted by atomic mass is 9.99. The van der Waals surface area contributed by atoms with Crippen molar-refractivity contribution in [1.29, 1.82) is 0 Å². The predicted molar refractivity (Wildman–Crippen MR) is 91.9 cm³/mol. The SMILES string of the molecule is C1=CC(c2[nH]cc[n+]2C2C=Cc3ccccc32)c2ccccc21.[Cl-]. The molecule has 0 bridgehead atoms. The molecule has 24 heavy (non-hydrogen) atoms. The number of imidazole rings is 1. The summed E-state index contributed by atoms with van der Waals surface area (Å²) < 4.78 is 2.36. The molecule has 2 unspecified atom stereocenters. The number of nitrogens with one attached hydrogen (secondary N) is 1. The van der Waals surface area contributed by atoms with Crippen molar-refractivity contribution >= 4 is 12.2 Å². The minimum atomic E-state index is 0. The fourth-order valence-electron chi connectivity index (χ4n) is 3.81. The van der Waals surface area contributed by atoms with Gasteiger partial charge in [-0.2, -0.15) is 0 Å². The molecule has 0 aliphatic heterocycles. The Labute approximate surface area is 147 Å². The molecule has 0 spiro atoms. The Hall–Kier alpha value is -2.58. The molecule has 5 rings (SSSR count). The first-order valence-corrected chi connectivity index (χ1v) is 8.04. The van der Waals surface area contributed by atoms with Gasteiger partial charge in [0.2, 0.25) is 0 Å². The van der Waals surface area contributed by atoms with E-state index in [1.165, 1.54) is 28.1 Å². The van der Waals surface area contributed by atoms with E-state index in [0.29, 0.717) is 5.92 Å². The van der Waals surface area contributed by atoms with Gasteiger partial charge in [-0.25, -0.2) is 9.55 Å². The second-order valence-corrected chi connectivity index (χ2v) is 6.15. The summed E-state index contributed by atoms with van der Waals surface area (Å²) in [7, 11) is 0. The highest BCUT2D eigenvalue weighted by molar-refractivity contribution is 5.64. The van der Waals surface area contributed by atoms with Crippen molar-refractivity contribution in [2.45, 2.75) is 12.0 Å². The average Bonchev–Trinajstić information content (AvgIpc) is 3.31. The Balaban J connectivity index is 0.00000146. The van der Waals surface area contributed by atoms with E-state index in [4.69, 9.17) is 0 Å². The van der Waals surface area contributed by atoms with Crippen molar-refractivity contribution < 1.29 is 17.0 Å². The maximum atomic E-state index is 3.47. The Bertz CT molecular complexity index is 876. The highest BCUT2D eigenvalue weighted by atomic mass is 35.5. The molecular formula is C21H17ClN2. The van der Waals surface area contributed by atoms with Crippen LogP contribution in [0.15, 0.2) is 73.1 Å². The maximum absolute atomic E-state index is 3.47. The van der Waals surface area contributed by atoms with Gasteiger partial charge in [0.05, 0.1) is 0 Å². The molecule has 1 N–H and O–H groups in total. The summed E-state index contributed by atoms with van der Waals surface area (Å²) in [4.78, 5) is 3.47. The summed E-state index contributed by atoms with van der Waals surface area (Å²) in [6.07, 6.45) is 13.2. The molecular weight excluding hydrogens is 316 g/mol. The van der Waals surface area contributed by atoms with Crippen LogP contribution in [-0.4, -0.2) is 4.98 Å². The number of aromatic nitrogens is 2. The molecule has 0 amide bonds. The van der Waals surface area contributed by atoms with Gasteiger partial charge in [0.15, 0.2) is 0 Å². The number of hydrogen-bond acceptors (Lipinski definition) is 0. The molecule has 1 heterocycles. The van der Waals surface area contributed by atoms with Crippen molar-refractivity contribution in [1.82, 2.24) is 4.98 Å². The van der Waals surface area contributed by atoms with E-state index >= 15 is 0 Å². The third-order valence-electron chi connectivity index (χ3n) is 4.91. The van der Waals surface area contributed by atoms with Gasteiger partial charge in [0.1, 0.15) is 24.4 Å². The molecule has 118 valence electrons. The average molecular weight is 333 g/mol. The van der Waals surface area contributed by atoms with Crippen molar-refractivity contribution in [3.8, 4) is 0 Å². The van der Waals surface area contributed by atoms with Crippen molar-refractivity contribution in [2.24, 2.45) is 0 Å². The van der Waals surface area contributed by atoms with Crippen LogP contribution in [0.25, 0.3) is 12.2 Å². The van der Waals surface area contributed by atoms with E-state index < -0.39 is 0 Å². The summed E-state index contributed by atoms with van der Waals surface area (Å²) in [5.41, 5.74) is 5.38. The standard InChI is InChI=1S/C21H16N2.ClH/c1-3-7-17-15(5-1)9-11-19(17)21-22-13-14-23(21)20-12-10-16-6-2-4-8-18(16)20;/h1-14,19-20H;1H. The van der Waals surface area contributed by atoms with Gasteiger partial charge in [-0.05, 0) is 22.8 Å². The van der Waals surface area contributed by atoms with Gasteiger partial charge in [-0.1, -0.05) is 66.8 Å². The molecule has 0 radical (unpaired) electrons. The largest absolute Gasteiger partial charge is 1.00 e. The van der Waals surface area contributed by atoms with Crippen molar-refractivity contribution in [3.63, 3.8) is 0 Å².